The minimum atomic E-state index is -0.215. The molecular formula is C20H17N3O3S. The van der Waals surface area contributed by atoms with Crippen LogP contribution in [0.5, 0.6) is 11.5 Å². The molecule has 1 amide bonds. The summed E-state index contributed by atoms with van der Waals surface area (Å²) in [4.78, 5) is 20.0. The molecule has 4 rings (SSSR count). The molecule has 0 radical (unpaired) electrons. The Morgan fingerprint density at radius 2 is 2.15 bits per heavy atom. The van der Waals surface area contributed by atoms with E-state index in [1.807, 2.05) is 35.8 Å². The smallest absolute Gasteiger partial charge is 0.255 e. The number of nitrogens with one attached hydrogen (secondary N) is 2. The first kappa shape index (κ1) is 17.1. The van der Waals surface area contributed by atoms with Crippen LogP contribution in [-0.2, 0) is 6.61 Å². The van der Waals surface area contributed by atoms with E-state index in [9.17, 15) is 4.79 Å². The summed E-state index contributed by atoms with van der Waals surface area (Å²) in [7, 11) is 1.55. The number of carbonyl (C=O) groups excluding carboxylic acids is 1. The molecular weight excluding hydrogens is 362 g/mol. The summed E-state index contributed by atoms with van der Waals surface area (Å²) >= 11 is 1.52. The molecule has 136 valence electrons. The predicted octanol–water partition coefficient (Wildman–Crippen LogP) is 4.46. The SMILES string of the molecule is COc1cc(C(=O)Nc2cccc3[nH]ccc23)ccc1OCc1cscn1. The highest BCUT2D eigenvalue weighted by molar-refractivity contribution is 7.07. The van der Waals surface area contributed by atoms with Crippen molar-refractivity contribution in [3.8, 4) is 11.5 Å². The third-order valence-electron chi connectivity index (χ3n) is 4.13. The maximum atomic E-state index is 12.7. The van der Waals surface area contributed by atoms with E-state index in [0.717, 1.165) is 22.3 Å². The molecule has 6 nitrogen and oxygen atoms in total. The van der Waals surface area contributed by atoms with Gasteiger partial charge in [-0.2, -0.15) is 0 Å². The van der Waals surface area contributed by atoms with Gasteiger partial charge in [-0.15, -0.1) is 11.3 Å². The Bertz CT molecular complexity index is 1070. The van der Waals surface area contributed by atoms with Gasteiger partial charge in [-0.25, -0.2) is 4.98 Å². The minimum absolute atomic E-state index is 0.215. The molecule has 0 aliphatic rings. The zero-order valence-electron chi connectivity index (χ0n) is 14.6. The number of aromatic amines is 1. The zero-order valence-corrected chi connectivity index (χ0v) is 15.4. The van der Waals surface area contributed by atoms with Crippen LogP contribution in [0.15, 0.2) is 59.6 Å². The third kappa shape index (κ3) is 3.63. The molecule has 0 saturated heterocycles. The number of carbonyl (C=O) groups is 1. The second-order valence-corrected chi connectivity index (χ2v) is 6.55. The number of ether oxygens (including phenoxy) is 2. The minimum Gasteiger partial charge on any atom is -0.493 e. The van der Waals surface area contributed by atoms with Crippen LogP contribution < -0.4 is 14.8 Å². The highest BCUT2D eigenvalue weighted by Crippen LogP contribution is 2.30. The highest BCUT2D eigenvalue weighted by atomic mass is 32.1. The van der Waals surface area contributed by atoms with Crippen LogP contribution in [0.3, 0.4) is 0 Å². The predicted molar refractivity (Wildman–Crippen MR) is 106 cm³/mol. The van der Waals surface area contributed by atoms with Gasteiger partial charge < -0.3 is 19.8 Å². The van der Waals surface area contributed by atoms with Crippen molar-refractivity contribution in [3.63, 3.8) is 0 Å². The van der Waals surface area contributed by atoms with Gasteiger partial charge in [-0.1, -0.05) is 6.07 Å². The first-order valence-electron chi connectivity index (χ1n) is 8.30. The third-order valence-corrected chi connectivity index (χ3v) is 4.76. The average Bonchev–Trinajstić information content (AvgIpc) is 3.38. The highest BCUT2D eigenvalue weighted by Gasteiger charge is 2.13. The van der Waals surface area contributed by atoms with Crippen LogP contribution in [-0.4, -0.2) is 23.0 Å². The van der Waals surface area contributed by atoms with Gasteiger partial charge in [0, 0.05) is 28.0 Å². The summed E-state index contributed by atoms with van der Waals surface area (Å²) < 4.78 is 11.1. The number of aromatic nitrogens is 2. The van der Waals surface area contributed by atoms with Crippen LogP contribution in [0.2, 0.25) is 0 Å². The monoisotopic (exact) mass is 379 g/mol. The first-order chi connectivity index (χ1) is 13.2. The van der Waals surface area contributed by atoms with Gasteiger partial charge in [-0.05, 0) is 36.4 Å². The number of fused-ring (bicyclic) bond motifs is 1. The summed E-state index contributed by atoms with van der Waals surface area (Å²) in [5, 5.41) is 5.83. The van der Waals surface area contributed by atoms with Crippen LogP contribution in [0.4, 0.5) is 5.69 Å². The normalized spacial score (nSPS) is 10.7. The summed E-state index contributed by atoms with van der Waals surface area (Å²) in [6.45, 7) is 0.348. The summed E-state index contributed by atoms with van der Waals surface area (Å²) in [5.74, 6) is 0.848. The Morgan fingerprint density at radius 1 is 1.22 bits per heavy atom. The number of H-pyrrole nitrogens is 1. The molecule has 0 atom stereocenters. The lowest BCUT2D eigenvalue weighted by molar-refractivity contribution is 0.102. The molecule has 4 aromatic rings. The lowest BCUT2D eigenvalue weighted by Crippen LogP contribution is -2.12. The fourth-order valence-corrected chi connectivity index (χ4v) is 3.32. The number of benzene rings is 2. The fraction of sp³-hybridized carbons (Fsp3) is 0.100. The molecule has 2 N–H and O–H groups in total. The average molecular weight is 379 g/mol. The van der Waals surface area contributed by atoms with E-state index in [-0.39, 0.29) is 5.91 Å². The summed E-state index contributed by atoms with van der Waals surface area (Å²) in [6.07, 6.45) is 1.85. The molecule has 0 bridgehead atoms. The number of thiazole rings is 1. The van der Waals surface area contributed by atoms with Crippen molar-refractivity contribution in [2.24, 2.45) is 0 Å². The molecule has 0 fully saturated rings. The Balaban J connectivity index is 1.52. The number of amides is 1. The van der Waals surface area contributed by atoms with Gasteiger partial charge >= 0.3 is 0 Å². The molecule has 0 spiro atoms. The Morgan fingerprint density at radius 3 is 2.96 bits per heavy atom. The summed E-state index contributed by atoms with van der Waals surface area (Å²) in [5.41, 5.74) is 4.82. The lowest BCUT2D eigenvalue weighted by atomic mass is 10.1. The zero-order chi connectivity index (χ0) is 18.6. The standard InChI is InChI=1S/C20H17N3O3S/c1-25-19-9-13(5-6-18(19)26-10-14-11-27-12-22-14)20(24)23-17-4-2-3-16-15(17)7-8-21-16/h2-9,11-12,21H,10H2,1H3,(H,23,24). The molecule has 2 heterocycles. The fourth-order valence-electron chi connectivity index (χ4n) is 2.78. The van der Waals surface area contributed by atoms with E-state index < -0.39 is 0 Å². The topological polar surface area (TPSA) is 76.2 Å². The van der Waals surface area contributed by atoms with Crippen molar-refractivity contribution < 1.29 is 14.3 Å². The molecule has 0 aliphatic carbocycles. The van der Waals surface area contributed by atoms with E-state index in [1.165, 1.54) is 11.3 Å². The Kier molecular flexibility index (Phi) is 4.76. The molecule has 0 saturated carbocycles. The van der Waals surface area contributed by atoms with Gasteiger partial charge in [0.05, 0.1) is 24.0 Å². The van der Waals surface area contributed by atoms with Gasteiger partial charge in [0.25, 0.3) is 5.91 Å². The summed E-state index contributed by atoms with van der Waals surface area (Å²) in [6, 6.07) is 12.8. The van der Waals surface area contributed by atoms with E-state index in [1.54, 1.807) is 30.8 Å². The van der Waals surface area contributed by atoms with Crippen molar-refractivity contribution in [2.75, 3.05) is 12.4 Å². The van der Waals surface area contributed by atoms with Gasteiger partial charge in [-0.3, -0.25) is 4.79 Å². The largest absolute Gasteiger partial charge is 0.493 e. The molecule has 2 aromatic heterocycles. The first-order valence-corrected chi connectivity index (χ1v) is 9.24. The number of nitrogens with zero attached hydrogens (tertiary/aromatic N) is 1. The number of anilines is 1. The second-order valence-electron chi connectivity index (χ2n) is 5.83. The van der Waals surface area contributed by atoms with Crippen molar-refractivity contribution in [2.45, 2.75) is 6.61 Å². The van der Waals surface area contributed by atoms with Crippen LogP contribution in [0.25, 0.3) is 10.9 Å². The molecule has 2 aromatic carbocycles. The second kappa shape index (κ2) is 7.51. The number of hydrogen-bond donors (Lipinski definition) is 2. The van der Waals surface area contributed by atoms with Crippen molar-refractivity contribution >= 4 is 33.8 Å². The molecule has 0 aliphatic heterocycles. The lowest BCUT2D eigenvalue weighted by Gasteiger charge is -2.12. The van der Waals surface area contributed by atoms with E-state index in [0.29, 0.717) is 23.7 Å². The van der Waals surface area contributed by atoms with Gasteiger partial charge in [0.2, 0.25) is 0 Å². The molecule has 0 unspecified atom stereocenters. The van der Waals surface area contributed by atoms with Crippen LogP contribution >= 0.6 is 11.3 Å². The van der Waals surface area contributed by atoms with Gasteiger partial charge in [0.15, 0.2) is 11.5 Å². The van der Waals surface area contributed by atoms with E-state index in [2.05, 4.69) is 15.3 Å². The number of rotatable bonds is 6. The molecule has 7 heteroatoms. The van der Waals surface area contributed by atoms with E-state index in [4.69, 9.17) is 9.47 Å². The van der Waals surface area contributed by atoms with Crippen molar-refractivity contribution in [3.05, 3.63) is 70.8 Å². The quantitative estimate of drug-likeness (QED) is 0.518. The van der Waals surface area contributed by atoms with Crippen molar-refractivity contribution in [1.29, 1.82) is 0 Å². The maximum Gasteiger partial charge on any atom is 0.255 e. The Labute approximate surface area is 159 Å². The van der Waals surface area contributed by atoms with Crippen molar-refractivity contribution in [1.82, 2.24) is 9.97 Å². The maximum absolute atomic E-state index is 12.7. The number of hydrogen-bond acceptors (Lipinski definition) is 5. The molecule has 27 heavy (non-hydrogen) atoms. The van der Waals surface area contributed by atoms with Crippen LogP contribution in [0, 0.1) is 0 Å². The van der Waals surface area contributed by atoms with Gasteiger partial charge in [0.1, 0.15) is 6.61 Å². The van der Waals surface area contributed by atoms with E-state index >= 15 is 0 Å². The Hall–Kier alpha value is -3.32. The van der Waals surface area contributed by atoms with Crippen LogP contribution in [0.1, 0.15) is 16.1 Å². The number of methoxy groups -OCH3 is 1.